The molecule has 0 atom stereocenters. The van der Waals surface area contributed by atoms with Crippen LogP contribution in [0.2, 0.25) is 0 Å². The molecule has 0 aliphatic heterocycles. The Morgan fingerprint density at radius 3 is 2.86 bits per heavy atom. The number of methoxy groups -OCH3 is 1. The summed E-state index contributed by atoms with van der Waals surface area (Å²) in [6.45, 7) is 1.66. The molecule has 0 aromatic carbocycles. The predicted octanol–water partition coefficient (Wildman–Crippen LogP) is 1.57. The average Bonchev–Trinajstić information content (AvgIpc) is 2.25. The molecule has 4 heteroatoms. The minimum Gasteiger partial charge on any atom is -0.385 e. The molecule has 0 spiro atoms. The molecule has 78 valence electrons. The molecule has 0 radical (unpaired) electrons. The molecular formula is C10H17N3O. The van der Waals surface area contributed by atoms with E-state index < -0.39 is 0 Å². The summed E-state index contributed by atoms with van der Waals surface area (Å²) in [4.78, 5) is 4.33. The van der Waals surface area contributed by atoms with E-state index in [2.05, 4.69) is 15.6 Å². The number of hydrogen-bond acceptors (Lipinski definition) is 4. The third kappa shape index (κ3) is 3.62. The van der Waals surface area contributed by atoms with Crippen molar-refractivity contribution in [3.8, 4) is 0 Å². The first-order valence-electron chi connectivity index (χ1n) is 4.74. The minimum absolute atomic E-state index is 0.777. The molecule has 0 saturated heterocycles. The van der Waals surface area contributed by atoms with Crippen molar-refractivity contribution in [2.45, 2.75) is 6.42 Å². The van der Waals surface area contributed by atoms with Crippen LogP contribution in [0.25, 0.3) is 0 Å². The molecule has 1 rings (SSSR count). The molecule has 2 N–H and O–H groups in total. The Morgan fingerprint density at radius 2 is 2.14 bits per heavy atom. The normalized spacial score (nSPS) is 9.86. The Kier molecular flexibility index (Phi) is 4.78. The molecule has 0 saturated carbocycles. The van der Waals surface area contributed by atoms with E-state index in [0.717, 1.165) is 31.2 Å². The number of aromatic nitrogens is 1. The Balaban J connectivity index is 2.34. The first-order chi connectivity index (χ1) is 6.86. The molecule has 0 fully saturated rings. The van der Waals surface area contributed by atoms with E-state index in [0.29, 0.717) is 0 Å². The fourth-order valence-electron chi connectivity index (χ4n) is 1.11. The van der Waals surface area contributed by atoms with Crippen LogP contribution in [0.1, 0.15) is 6.42 Å². The number of rotatable bonds is 6. The van der Waals surface area contributed by atoms with Crippen LogP contribution in [-0.4, -0.2) is 32.3 Å². The van der Waals surface area contributed by atoms with Crippen LogP contribution in [-0.2, 0) is 4.74 Å². The van der Waals surface area contributed by atoms with Crippen molar-refractivity contribution in [3.63, 3.8) is 0 Å². The van der Waals surface area contributed by atoms with Crippen molar-refractivity contribution in [3.05, 3.63) is 18.2 Å². The van der Waals surface area contributed by atoms with E-state index >= 15 is 0 Å². The summed E-state index contributed by atoms with van der Waals surface area (Å²) in [5.41, 5.74) is 0. The van der Waals surface area contributed by atoms with Gasteiger partial charge in [0.15, 0.2) is 0 Å². The first-order valence-corrected chi connectivity index (χ1v) is 4.74. The van der Waals surface area contributed by atoms with Crippen molar-refractivity contribution in [2.24, 2.45) is 0 Å². The molecule has 1 heterocycles. The molecule has 0 amide bonds. The van der Waals surface area contributed by atoms with Gasteiger partial charge in [0, 0.05) is 27.3 Å². The lowest BCUT2D eigenvalue weighted by atomic mass is 10.4. The quantitative estimate of drug-likeness (QED) is 0.676. The van der Waals surface area contributed by atoms with Crippen LogP contribution >= 0.6 is 0 Å². The third-order valence-corrected chi connectivity index (χ3v) is 1.84. The van der Waals surface area contributed by atoms with Gasteiger partial charge in [0.05, 0.1) is 0 Å². The molecule has 0 unspecified atom stereocenters. The largest absolute Gasteiger partial charge is 0.385 e. The van der Waals surface area contributed by atoms with E-state index in [4.69, 9.17) is 4.74 Å². The van der Waals surface area contributed by atoms with Gasteiger partial charge in [-0.1, -0.05) is 6.07 Å². The predicted molar refractivity (Wildman–Crippen MR) is 58.8 cm³/mol. The van der Waals surface area contributed by atoms with Crippen LogP contribution in [0, 0.1) is 0 Å². The summed E-state index contributed by atoms with van der Waals surface area (Å²) >= 11 is 0. The Labute approximate surface area is 84.7 Å². The van der Waals surface area contributed by atoms with Crippen molar-refractivity contribution in [1.29, 1.82) is 0 Å². The number of nitrogens with zero attached hydrogens (tertiary/aromatic N) is 1. The fraction of sp³-hybridized carbons (Fsp3) is 0.500. The van der Waals surface area contributed by atoms with E-state index in [1.54, 1.807) is 7.11 Å². The highest BCUT2D eigenvalue weighted by Gasteiger charge is 1.94. The minimum atomic E-state index is 0.777. The summed E-state index contributed by atoms with van der Waals surface area (Å²) in [5.74, 6) is 1.77. The van der Waals surface area contributed by atoms with Crippen molar-refractivity contribution < 1.29 is 4.74 Å². The molecule has 4 nitrogen and oxygen atoms in total. The summed E-state index contributed by atoms with van der Waals surface area (Å²) in [5, 5.41) is 6.22. The number of pyridine rings is 1. The van der Waals surface area contributed by atoms with Gasteiger partial charge in [0.25, 0.3) is 0 Å². The highest BCUT2D eigenvalue weighted by atomic mass is 16.5. The van der Waals surface area contributed by atoms with Gasteiger partial charge in [-0.15, -0.1) is 0 Å². The van der Waals surface area contributed by atoms with Gasteiger partial charge >= 0.3 is 0 Å². The molecule has 14 heavy (non-hydrogen) atoms. The molecular weight excluding hydrogens is 178 g/mol. The molecule has 1 aromatic heterocycles. The van der Waals surface area contributed by atoms with Gasteiger partial charge in [-0.3, -0.25) is 0 Å². The highest BCUT2D eigenvalue weighted by molar-refractivity contribution is 5.44. The summed E-state index contributed by atoms with van der Waals surface area (Å²) in [6.07, 6.45) is 0.988. The maximum atomic E-state index is 4.95. The fourth-order valence-corrected chi connectivity index (χ4v) is 1.11. The lowest BCUT2D eigenvalue weighted by molar-refractivity contribution is 0.198. The van der Waals surface area contributed by atoms with Gasteiger partial charge in [-0.2, -0.15) is 0 Å². The zero-order valence-electron chi connectivity index (χ0n) is 8.71. The monoisotopic (exact) mass is 195 g/mol. The van der Waals surface area contributed by atoms with Crippen LogP contribution in [0.15, 0.2) is 18.2 Å². The van der Waals surface area contributed by atoms with Gasteiger partial charge in [0.1, 0.15) is 11.6 Å². The molecule has 1 aromatic rings. The third-order valence-electron chi connectivity index (χ3n) is 1.84. The smallest absolute Gasteiger partial charge is 0.128 e. The Bertz CT molecular complexity index is 265. The van der Waals surface area contributed by atoms with Gasteiger partial charge in [-0.25, -0.2) is 4.98 Å². The first kappa shape index (κ1) is 10.8. The van der Waals surface area contributed by atoms with Crippen molar-refractivity contribution in [2.75, 3.05) is 37.9 Å². The van der Waals surface area contributed by atoms with Crippen LogP contribution in [0.3, 0.4) is 0 Å². The molecule has 0 aliphatic rings. The summed E-state index contributed by atoms with van der Waals surface area (Å²) in [6, 6.07) is 5.85. The number of anilines is 2. The summed E-state index contributed by atoms with van der Waals surface area (Å²) in [7, 11) is 3.57. The van der Waals surface area contributed by atoms with Crippen LogP contribution in [0.5, 0.6) is 0 Å². The van der Waals surface area contributed by atoms with Crippen molar-refractivity contribution >= 4 is 11.6 Å². The lowest BCUT2D eigenvalue weighted by Gasteiger charge is -2.06. The Morgan fingerprint density at radius 1 is 1.36 bits per heavy atom. The van der Waals surface area contributed by atoms with Gasteiger partial charge < -0.3 is 15.4 Å². The molecule has 0 aliphatic carbocycles. The summed E-state index contributed by atoms with van der Waals surface area (Å²) < 4.78 is 4.95. The van der Waals surface area contributed by atoms with E-state index in [1.807, 2.05) is 25.2 Å². The SMILES string of the molecule is CNc1cccc(NCCCOC)n1. The highest BCUT2D eigenvalue weighted by Crippen LogP contribution is 2.07. The van der Waals surface area contributed by atoms with E-state index in [-0.39, 0.29) is 0 Å². The number of hydrogen-bond donors (Lipinski definition) is 2. The maximum absolute atomic E-state index is 4.95. The number of nitrogens with one attached hydrogen (secondary N) is 2. The second kappa shape index (κ2) is 6.21. The lowest BCUT2D eigenvalue weighted by Crippen LogP contribution is -2.06. The second-order valence-electron chi connectivity index (χ2n) is 2.93. The topological polar surface area (TPSA) is 46.2 Å². The number of ether oxygens (including phenoxy) is 1. The average molecular weight is 195 g/mol. The van der Waals surface area contributed by atoms with E-state index in [9.17, 15) is 0 Å². The Hall–Kier alpha value is -1.29. The second-order valence-corrected chi connectivity index (χ2v) is 2.93. The zero-order chi connectivity index (χ0) is 10.2. The standard InChI is InChI=1S/C10H17N3O/c1-11-9-5-3-6-10(13-9)12-7-4-8-14-2/h3,5-6H,4,7-8H2,1-2H3,(H2,11,12,13). The van der Waals surface area contributed by atoms with E-state index in [1.165, 1.54) is 0 Å². The zero-order valence-corrected chi connectivity index (χ0v) is 8.71. The van der Waals surface area contributed by atoms with Crippen molar-refractivity contribution in [1.82, 2.24) is 4.98 Å². The van der Waals surface area contributed by atoms with Gasteiger partial charge in [0.2, 0.25) is 0 Å². The molecule has 0 bridgehead atoms. The van der Waals surface area contributed by atoms with Crippen LogP contribution in [0.4, 0.5) is 11.6 Å². The van der Waals surface area contributed by atoms with Crippen LogP contribution < -0.4 is 10.6 Å². The van der Waals surface area contributed by atoms with Gasteiger partial charge in [-0.05, 0) is 18.6 Å². The maximum Gasteiger partial charge on any atom is 0.128 e.